The van der Waals surface area contributed by atoms with Crippen LogP contribution in [0, 0.1) is 0 Å². The molecule has 146 valence electrons. The quantitative estimate of drug-likeness (QED) is 0.679. The highest BCUT2D eigenvalue weighted by molar-refractivity contribution is 6.31. The maximum absolute atomic E-state index is 12.9. The second-order valence-corrected chi connectivity index (χ2v) is 7.75. The van der Waals surface area contributed by atoms with Gasteiger partial charge in [-0.05, 0) is 56.6 Å². The van der Waals surface area contributed by atoms with Crippen molar-refractivity contribution in [3.63, 3.8) is 0 Å². The number of fused-ring (bicyclic) bond motifs is 1. The third-order valence-electron chi connectivity index (χ3n) is 5.59. The topological polar surface area (TPSA) is 50.2 Å². The van der Waals surface area contributed by atoms with E-state index in [1.54, 1.807) is 6.33 Å². The first-order valence-corrected chi connectivity index (χ1v) is 10.2. The van der Waals surface area contributed by atoms with Crippen LogP contribution in [0.4, 0.5) is 0 Å². The van der Waals surface area contributed by atoms with E-state index in [1.165, 1.54) is 12.8 Å². The molecule has 6 heteroatoms. The molecule has 0 saturated carbocycles. The van der Waals surface area contributed by atoms with Gasteiger partial charge >= 0.3 is 0 Å². The zero-order valence-electron chi connectivity index (χ0n) is 16.0. The summed E-state index contributed by atoms with van der Waals surface area (Å²) in [6.07, 6.45) is 4.11. The molecule has 1 amide bonds. The standard InChI is InChI=1S/C22H25ClN4O/c1-16(27-15-25-19-10-4-5-11-20(19)27)22(28)24-14-21(26-12-6-7-13-26)17-8-2-3-9-18(17)23/h2-5,8-11,15-16,21H,6-7,12-14H2,1H3,(H,24,28). The van der Waals surface area contributed by atoms with Gasteiger partial charge in [0.05, 0.1) is 23.4 Å². The van der Waals surface area contributed by atoms with Crippen molar-refractivity contribution in [2.75, 3.05) is 19.6 Å². The van der Waals surface area contributed by atoms with Gasteiger partial charge in [0, 0.05) is 11.6 Å². The number of imidazole rings is 1. The van der Waals surface area contributed by atoms with Gasteiger partial charge in [-0.2, -0.15) is 0 Å². The summed E-state index contributed by atoms with van der Waals surface area (Å²) in [6, 6.07) is 15.5. The lowest BCUT2D eigenvalue weighted by Gasteiger charge is -2.29. The molecule has 2 unspecified atom stereocenters. The van der Waals surface area contributed by atoms with Crippen LogP contribution in [0.1, 0.15) is 37.4 Å². The van der Waals surface area contributed by atoms with E-state index < -0.39 is 0 Å². The smallest absolute Gasteiger partial charge is 0.242 e. The molecule has 1 aliphatic rings. The molecule has 0 radical (unpaired) electrons. The molecule has 5 nitrogen and oxygen atoms in total. The second kappa shape index (κ2) is 8.33. The summed E-state index contributed by atoms with van der Waals surface area (Å²) in [5.41, 5.74) is 2.94. The number of benzene rings is 2. The van der Waals surface area contributed by atoms with Gasteiger partial charge in [-0.25, -0.2) is 4.98 Å². The molecule has 2 heterocycles. The van der Waals surface area contributed by atoms with Crippen molar-refractivity contribution in [1.29, 1.82) is 0 Å². The fourth-order valence-electron chi connectivity index (χ4n) is 3.99. The second-order valence-electron chi connectivity index (χ2n) is 7.34. The molecular weight excluding hydrogens is 372 g/mol. The van der Waals surface area contributed by atoms with E-state index in [-0.39, 0.29) is 18.0 Å². The van der Waals surface area contributed by atoms with Crippen LogP contribution in [0.5, 0.6) is 0 Å². The van der Waals surface area contributed by atoms with Gasteiger partial charge in [-0.3, -0.25) is 9.69 Å². The lowest BCUT2D eigenvalue weighted by Crippen LogP contribution is -2.39. The molecule has 1 saturated heterocycles. The number of carbonyl (C=O) groups excluding carboxylic acids is 1. The Morgan fingerprint density at radius 1 is 1.14 bits per heavy atom. The number of likely N-dealkylation sites (tertiary alicyclic amines) is 1. The number of nitrogens with one attached hydrogen (secondary N) is 1. The fourth-order valence-corrected chi connectivity index (χ4v) is 4.25. The van der Waals surface area contributed by atoms with Gasteiger partial charge in [0.25, 0.3) is 0 Å². The number of hydrogen-bond donors (Lipinski definition) is 1. The van der Waals surface area contributed by atoms with E-state index in [0.29, 0.717) is 6.54 Å². The Balaban J connectivity index is 1.50. The third kappa shape index (κ3) is 3.77. The number of aromatic nitrogens is 2. The molecule has 1 N–H and O–H groups in total. The summed E-state index contributed by atoms with van der Waals surface area (Å²) in [7, 11) is 0. The molecule has 28 heavy (non-hydrogen) atoms. The number of para-hydroxylation sites is 2. The predicted molar refractivity (Wildman–Crippen MR) is 112 cm³/mol. The third-order valence-corrected chi connectivity index (χ3v) is 5.94. The monoisotopic (exact) mass is 396 g/mol. The molecule has 0 spiro atoms. The molecule has 2 aromatic carbocycles. The first-order chi connectivity index (χ1) is 13.6. The van der Waals surface area contributed by atoms with E-state index in [1.807, 2.05) is 54.0 Å². The number of rotatable bonds is 6. The summed E-state index contributed by atoms with van der Waals surface area (Å²) in [4.78, 5) is 19.7. The van der Waals surface area contributed by atoms with Crippen molar-refractivity contribution in [3.05, 3.63) is 65.4 Å². The maximum Gasteiger partial charge on any atom is 0.242 e. The van der Waals surface area contributed by atoms with Crippen LogP contribution in [-0.2, 0) is 4.79 Å². The molecule has 4 rings (SSSR count). The minimum atomic E-state index is -0.335. The summed E-state index contributed by atoms with van der Waals surface area (Å²) < 4.78 is 1.92. The van der Waals surface area contributed by atoms with Gasteiger partial charge < -0.3 is 9.88 Å². The highest BCUT2D eigenvalue weighted by atomic mass is 35.5. The molecule has 2 atom stereocenters. The first kappa shape index (κ1) is 19.0. The Morgan fingerprint density at radius 3 is 2.64 bits per heavy atom. The van der Waals surface area contributed by atoms with Crippen molar-refractivity contribution in [2.24, 2.45) is 0 Å². The van der Waals surface area contributed by atoms with Crippen molar-refractivity contribution >= 4 is 28.5 Å². The molecule has 0 aliphatic carbocycles. The average molecular weight is 397 g/mol. The number of carbonyl (C=O) groups is 1. The minimum Gasteiger partial charge on any atom is -0.352 e. The average Bonchev–Trinajstić information content (AvgIpc) is 3.39. The zero-order chi connectivity index (χ0) is 19.5. The van der Waals surface area contributed by atoms with Gasteiger partial charge in [0.2, 0.25) is 5.91 Å². The Bertz CT molecular complexity index is 964. The van der Waals surface area contributed by atoms with Crippen LogP contribution < -0.4 is 5.32 Å². The summed E-state index contributed by atoms with van der Waals surface area (Å²) in [6.45, 7) is 4.52. The first-order valence-electron chi connectivity index (χ1n) is 9.83. The molecule has 1 fully saturated rings. The van der Waals surface area contributed by atoms with Gasteiger partial charge in [-0.1, -0.05) is 41.9 Å². The maximum atomic E-state index is 12.9. The van der Waals surface area contributed by atoms with Crippen molar-refractivity contribution in [2.45, 2.75) is 31.8 Å². The lowest BCUT2D eigenvalue weighted by molar-refractivity contribution is -0.124. The molecule has 1 aromatic heterocycles. The Kier molecular flexibility index (Phi) is 5.64. The number of nitrogens with zero attached hydrogens (tertiary/aromatic N) is 3. The highest BCUT2D eigenvalue weighted by Crippen LogP contribution is 2.30. The molecular formula is C22H25ClN4O. The van der Waals surface area contributed by atoms with Crippen LogP contribution in [-0.4, -0.2) is 40.0 Å². The largest absolute Gasteiger partial charge is 0.352 e. The number of amides is 1. The number of hydrogen-bond acceptors (Lipinski definition) is 3. The fraction of sp³-hybridized carbons (Fsp3) is 0.364. The van der Waals surface area contributed by atoms with Gasteiger partial charge in [-0.15, -0.1) is 0 Å². The van der Waals surface area contributed by atoms with Gasteiger partial charge in [0.1, 0.15) is 6.04 Å². The minimum absolute atomic E-state index is 0.0144. The SMILES string of the molecule is CC(C(=O)NCC(c1ccccc1Cl)N1CCCC1)n1cnc2ccccc21. The van der Waals surface area contributed by atoms with Crippen molar-refractivity contribution in [3.8, 4) is 0 Å². The predicted octanol–water partition coefficient (Wildman–Crippen LogP) is 4.20. The summed E-state index contributed by atoms with van der Waals surface area (Å²) >= 11 is 6.47. The van der Waals surface area contributed by atoms with Crippen molar-refractivity contribution < 1.29 is 4.79 Å². The van der Waals surface area contributed by atoms with Crippen LogP contribution in [0.3, 0.4) is 0 Å². The van der Waals surface area contributed by atoms with Crippen molar-refractivity contribution in [1.82, 2.24) is 19.8 Å². The summed E-state index contributed by atoms with van der Waals surface area (Å²) in [5, 5.41) is 3.90. The number of halogens is 1. The Labute approximate surface area is 170 Å². The Morgan fingerprint density at radius 2 is 1.86 bits per heavy atom. The molecule has 1 aliphatic heterocycles. The summed E-state index contributed by atoms with van der Waals surface area (Å²) in [5.74, 6) is -0.0144. The Hall–Kier alpha value is -2.37. The van der Waals surface area contributed by atoms with Crippen LogP contribution >= 0.6 is 11.6 Å². The van der Waals surface area contributed by atoms with Gasteiger partial charge in [0.15, 0.2) is 0 Å². The van der Waals surface area contributed by atoms with E-state index in [0.717, 1.165) is 34.7 Å². The van der Waals surface area contributed by atoms with E-state index in [4.69, 9.17) is 11.6 Å². The van der Waals surface area contributed by atoms with Crippen LogP contribution in [0.2, 0.25) is 5.02 Å². The molecule has 3 aromatic rings. The normalized spacial score (nSPS) is 16.9. The van der Waals surface area contributed by atoms with E-state index in [9.17, 15) is 4.79 Å². The van der Waals surface area contributed by atoms with E-state index in [2.05, 4.69) is 21.3 Å². The zero-order valence-corrected chi connectivity index (χ0v) is 16.8. The molecule has 0 bridgehead atoms. The van der Waals surface area contributed by atoms with Crippen LogP contribution in [0.25, 0.3) is 11.0 Å². The lowest BCUT2D eigenvalue weighted by atomic mass is 10.1. The van der Waals surface area contributed by atoms with Crippen LogP contribution in [0.15, 0.2) is 54.9 Å². The highest BCUT2D eigenvalue weighted by Gasteiger charge is 2.26. The van der Waals surface area contributed by atoms with E-state index >= 15 is 0 Å².